The van der Waals surface area contributed by atoms with Crippen LogP contribution in [-0.4, -0.2) is 22.7 Å². The van der Waals surface area contributed by atoms with E-state index in [0.29, 0.717) is 23.4 Å². The zero-order valence-corrected chi connectivity index (χ0v) is 19.1. The zero-order chi connectivity index (χ0) is 21.0. The van der Waals surface area contributed by atoms with Crippen LogP contribution in [0, 0.1) is 6.92 Å². The summed E-state index contributed by atoms with van der Waals surface area (Å²) in [6.45, 7) is 1.94. The fraction of sp³-hybridized carbons (Fsp3) is 0.600. The van der Waals surface area contributed by atoms with Gasteiger partial charge in [0.1, 0.15) is 5.76 Å². The van der Waals surface area contributed by atoms with E-state index in [2.05, 4.69) is 10.3 Å². The van der Waals surface area contributed by atoms with Crippen molar-refractivity contribution in [3.8, 4) is 11.5 Å². The van der Waals surface area contributed by atoms with Gasteiger partial charge in [-0.1, -0.05) is 76.0 Å². The zero-order valence-electron chi connectivity index (χ0n) is 18.3. The molecule has 1 fully saturated rings. The number of rotatable bonds is 6. The molecule has 1 aliphatic rings. The van der Waals surface area contributed by atoms with Crippen LogP contribution in [0.15, 0.2) is 34.7 Å². The SMILES string of the molecule is Cc1oc(-c2ccccc2)nc1CSCC(=O)NC1CCCCCCCCCCC1. The molecule has 1 N–H and O–H groups in total. The molecule has 1 aromatic carbocycles. The molecule has 4 nitrogen and oxygen atoms in total. The van der Waals surface area contributed by atoms with E-state index in [1.165, 1.54) is 57.8 Å². The van der Waals surface area contributed by atoms with Crippen molar-refractivity contribution in [2.45, 2.75) is 89.3 Å². The Bertz CT molecular complexity index is 748. The molecule has 0 aliphatic heterocycles. The number of hydrogen-bond acceptors (Lipinski definition) is 4. The molecule has 0 saturated heterocycles. The largest absolute Gasteiger partial charge is 0.441 e. The summed E-state index contributed by atoms with van der Waals surface area (Å²) >= 11 is 1.61. The highest BCUT2D eigenvalue weighted by Crippen LogP contribution is 2.24. The van der Waals surface area contributed by atoms with Crippen molar-refractivity contribution in [2.75, 3.05) is 5.75 Å². The van der Waals surface area contributed by atoms with Crippen LogP contribution in [0.4, 0.5) is 0 Å². The second kappa shape index (κ2) is 12.8. The van der Waals surface area contributed by atoms with Gasteiger partial charge in [0, 0.05) is 17.4 Å². The summed E-state index contributed by atoms with van der Waals surface area (Å²) in [5.41, 5.74) is 1.91. The summed E-state index contributed by atoms with van der Waals surface area (Å²) in [6.07, 6.45) is 14.2. The Hall–Kier alpha value is -1.75. The Kier molecular flexibility index (Phi) is 9.81. The molecule has 0 bridgehead atoms. The summed E-state index contributed by atoms with van der Waals surface area (Å²) < 4.78 is 5.82. The number of thioether (sulfide) groups is 1. The van der Waals surface area contributed by atoms with Crippen LogP contribution < -0.4 is 5.32 Å². The van der Waals surface area contributed by atoms with E-state index in [9.17, 15) is 4.79 Å². The van der Waals surface area contributed by atoms with Gasteiger partial charge in [-0.25, -0.2) is 4.98 Å². The molecule has 5 heteroatoms. The molecular weight excluding hydrogens is 392 g/mol. The summed E-state index contributed by atoms with van der Waals surface area (Å²) in [6, 6.07) is 10.3. The van der Waals surface area contributed by atoms with Crippen LogP contribution in [0.1, 0.15) is 82.1 Å². The van der Waals surface area contributed by atoms with E-state index in [1.807, 2.05) is 37.3 Å². The van der Waals surface area contributed by atoms with Crippen LogP contribution in [0.25, 0.3) is 11.5 Å². The lowest BCUT2D eigenvalue weighted by molar-refractivity contribution is -0.119. The van der Waals surface area contributed by atoms with Crippen molar-refractivity contribution in [2.24, 2.45) is 0 Å². The third kappa shape index (κ3) is 7.82. The number of carbonyl (C=O) groups is 1. The highest BCUT2D eigenvalue weighted by molar-refractivity contribution is 7.99. The van der Waals surface area contributed by atoms with Crippen molar-refractivity contribution in [3.63, 3.8) is 0 Å². The Morgan fingerprint density at radius 3 is 2.23 bits per heavy atom. The van der Waals surface area contributed by atoms with E-state index in [1.54, 1.807) is 11.8 Å². The smallest absolute Gasteiger partial charge is 0.230 e. The molecule has 0 spiro atoms. The first kappa shape index (κ1) is 22.9. The summed E-state index contributed by atoms with van der Waals surface area (Å²) in [5, 5.41) is 3.30. The summed E-state index contributed by atoms with van der Waals surface area (Å²) in [5.74, 6) is 2.81. The quantitative estimate of drug-likeness (QED) is 0.558. The van der Waals surface area contributed by atoms with Crippen LogP contribution in [0.3, 0.4) is 0 Å². The monoisotopic (exact) mass is 428 g/mol. The van der Waals surface area contributed by atoms with Gasteiger partial charge in [0.15, 0.2) is 0 Å². The van der Waals surface area contributed by atoms with Gasteiger partial charge in [0.05, 0.1) is 11.4 Å². The third-order valence-corrected chi connectivity index (χ3v) is 6.80. The molecule has 0 radical (unpaired) electrons. The first-order valence-corrected chi connectivity index (χ1v) is 12.8. The van der Waals surface area contributed by atoms with Gasteiger partial charge in [0.2, 0.25) is 11.8 Å². The van der Waals surface area contributed by atoms with Crippen LogP contribution >= 0.6 is 11.8 Å². The number of oxazole rings is 1. The molecule has 1 heterocycles. The Morgan fingerprint density at radius 2 is 1.60 bits per heavy atom. The summed E-state index contributed by atoms with van der Waals surface area (Å²) in [7, 11) is 0. The number of aromatic nitrogens is 1. The van der Waals surface area contributed by atoms with Gasteiger partial charge >= 0.3 is 0 Å². The molecule has 164 valence electrons. The maximum atomic E-state index is 12.5. The summed E-state index contributed by atoms with van der Waals surface area (Å²) in [4.78, 5) is 17.1. The number of nitrogens with zero attached hydrogens (tertiary/aromatic N) is 1. The third-order valence-electron chi connectivity index (χ3n) is 5.86. The number of aryl methyl sites for hydroxylation is 1. The van der Waals surface area contributed by atoms with Crippen molar-refractivity contribution in [1.29, 1.82) is 0 Å². The molecule has 3 rings (SSSR count). The predicted molar refractivity (Wildman–Crippen MR) is 126 cm³/mol. The van der Waals surface area contributed by atoms with E-state index in [4.69, 9.17) is 4.42 Å². The van der Waals surface area contributed by atoms with Gasteiger partial charge in [0.25, 0.3) is 0 Å². The first-order valence-electron chi connectivity index (χ1n) is 11.6. The van der Waals surface area contributed by atoms with Gasteiger partial charge in [-0.2, -0.15) is 0 Å². The Balaban J connectivity index is 1.43. The van der Waals surface area contributed by atoms with Gasteiger partial charge in [-0.15, -0.1) is 11.8 Å². The van der Waals surface area contributed by atoms with Gasteiger partial charge in [-0.05, 0) is 31.9 Å². The minimum atomic E-state index is 0.154. The van der Waals surface area contributed by atoms with E-state index >= 15 is 0 Å². The highest BCUT2D eigenvalue weighted by atomic mass is 32.2. The van der Waals surface area contributed by atoms with Crippen molar-refractivity contribution >= 4 is 17.7 Å². The highest BCUT2D eigenvalue weighted by Gasteiger charge is 2.15. The normalized spacial score (nSPS) is 17.1. The molecule has 1 amide bonds. The van der Waals surface area contributed by atoms with Crippen molar-refractivity contribution < 1.29 is 9.21 Å². The second-order valence-corrected chi connectivity index (χ2v) is 9.39. The maximum Gasteiger partial charge on any atom is 0.230 e. The van der Waals surface area contributed by atoms with Crippen molar-refractivity contribution in [1.82, 2.24) is 10.3 Å². The standard InChI is InChI=1S/C25H36N2O2S/c1-20-23(27-25(29-20)21-14-10-9-11-15-21)18-30-19-24(28)26-22-16-12-7-5-3-2-4-6-8-13-17-22/h9-11,14-15,22H,2-8,12-13,16-19H2,1H3,(H,26,28). The lowest BCUT2D eigenvalue weighted by atomic mass is 9.98. The molecule has 30 heavy (non-hydrogen) atoms. The number of benzene rings is 1. The molecule has 1 aliphatic carbocycles. The first-order chi connectivity index (χ1) is 14.7. The molecule has 0 unspecified atom stereocenters. The average molecular weight is 429 g/mol. The molecule has 1 saturated carbocycles. The molecular formula is C25H36N2O2S. The lowest BCUT2D eigenvalue weighted by Gasteiger charge is -2.19. The Morgan fingerprint density at radius 1 is 1.00 bits per heavy atom. The fourth-order valence-electron chi connectivity index (χ4n) is 4.08. The van der Waals surface area contributed by atoms with Crippen LogP contribution in [0.2, 0.25) is 0 Å². The number of nitrogens with one attached hydrogen (secondary N) is 1. The van der Waals surface area contributed by atoms with Gasteiger partial charge in [-0.3, -0.25) is 4.79 Å². The number of carbonyl (C=O) groups excluding carboxylic acids is 1. The maximum absolute atomic E-state index is 12.5. The minimum absolute atomic E-state index is 0.154. The molecule has 0 atom stereocenters. The van der Waals surface area contributed by atoms with E-state index in [-0.39, 0.29) is 5.91 Å². The predicted octanol–water partition coefficient (Wildman–Crippen LogP) is 6.67. The fourth-order valence-corrected chi connectivity index (χ4v) is 4.92. The average Bonchev–Trinajstić information content (AvgIpc) is 3.11. The Labute approximate surface area is 185 Å². The van der Waals surface area contributed by atoms with Crippen LogP contribution in [-0.2, 0) is 10.5 Å². The topological polar surface area (TPSA) is 55.1 Å². The minimum Gasteiger partial charge on any atom is -0.441 e. The number of hydrogen-bond donors (Lipinski definition) is 1. The van der Waals surface area contributed by atoms with E-state index in [0.717, 1.165) is 29.9 Å². The molecule has 1 aromatic heterocycles. The second-order valence-electron chi connectivity index (χ2n) is 8.40. The van der Waals surface area contributed by atoms with Crippen molar-refractivity contribution in [3.05, 3.63) is 41.8 Å². The lowest BCUT2D eigenvalue weighted by Crippen LogP contribution is -2.36. The van der Waals surface area contributed by atoms with E-state index < -0.39 is 0 Å². The van der Waals surface area contributed by atoms with Crippen LogP contribution in [0.5, 0.6) is 0 Å². The van der Waals surface area contributed by atoms with Gasteiger partial charge < -0.3 is 9.73 Å². The number of amides is 1. The molecule has 2 aromatic rings.